The molecule has 0 fully saturated rings. The lowest BCUT2D eigenvalue weighted by molar-refractivity contribution is 0.169. The van der Waals surface area contributed by atoms with Crippen LogP contribution in [-0.4, -0.2) is 24.4 Å². The van der Waals surface area contributed by atoms with E-state index in [0.29, 0.717) is 42.8 Å². The van der Waals surface area contributed by atoms with Gasteiger partial charge in [0.15, 0.2) is 17.3 Å². The summed E-state index contributed by atoms with van der Waals surface area (Å²) in [5, 5.41) is 9.01. The summed E-state index contributed by atoms with van der Waals surface area (Å²) in [4.78, 5) is 11.8. The fourth-order valence-corrected chi connectivity index (χ4v) is 2.03. The summed E-state index contributed by atoms with van der Waals surface area (Å²) < 4.78 is 16.0. The van der Waals surface area contributed by atoms with E-state index in [4.69, 9.17) is 14.0 Å². The van der Waals surface area contributed by atoms with Gasteiger partial charge in [-0.1, -0.05) is 17.3 Å². The Labute approximate surface area is 121 Å². The number of aryl methyl sites for hydroxylation is 1. The Bertz CT molecular complexity index is 653. The number of carbonyl (C=O) groups is 1. The zero-order valence-corrected chi connectivity index (χ0v) is 11.5. The van der Waals surface area contributed by atoms with Gasteiger partial charge >= 0.3 is 6.03 Å². The van der Waals surface area contributed by atoms with Gasteiger partial charge in [0, 0.05) is 18.2 Å². The second kappa shape index (κ2) is 5.74. The molecular weight excluding hydrogens is 274 g/mol. The Morgan fingerprint density at radius 1 is 1.33 bits per heavy atom. The molecule has 0 bridgehead atoms. The summed E-state index contributed by atoms with van der Waals surface area (Å²) in [6.07, 6.45) is 0. The summed E-state index contributed by atoms with van der Waals surface area (Å²) in [5.41, 5.74) is 0.860. The van der Waals surface area contributed by atoms with Crippen molar-refractivity contribution in [3.05, 3.63) is 35.6 Å². The first-order valence-corrected chi connectivity index (χ1v) is 6.58. The van der Waals surface area contributed by atoms with Crippen molar-refractivity contribution in [1.82, 2.24) is 10.5 Å². The molecule has 21 heavy (non-hydrogen) atoms. The van der Waals surface area contributed by atoms with Crippen LogP contribution in [0.5, 0.6) is 11.5 Å². The minimum atomic E-state index is -0.363. The van der Waals surface area contributed by atoms with Gasteiger partial charge < -0.3 is 19.3 Å². The van der Waals surface area contributed by atoms with E-state index in [9.17, 15) is 4.79 Å². The second-order valence-corrected chi connectivity index (χ2v) is 4.57. The topological polar surface area (TPSA) is 85.6 Å². The third-order valence-corrected chi connectivity index (χ3v) is 2.96. The number of amides is 2. The number of carbonyl (C=O) groups excluding carboxylic acids is 1. The molecule has 0 saturated carbocycles. The van der Waals surface area contributed by atoms with Gasteiger partial charge in [-0.05, 0) is 13.0 Å². The van der Waals surface area contributed by atoms with Crippen LogP contribution in [-0.2, 0) is 6.54 Å². The second-order valence-electron chi connectivity index (χ2n) is 4.57. The summed E-state index contributed by atoms with van der Waals surface area (Å²) in [6, 6.07) is 6.87. The standard InChI is InChI=1S/C14H15N3O4/c1-9-7-12(17-21-9)16-14(18)15-8-10-3-2-4-11-13(10)20-6-5-19-11/h2-4,7H,5-6,8H2,1H3,(H2,15,16,17,18). The van der Waals surface area contributed by atoms with E-state index in [1.54, 1.807) is 13.0 Å². The fraction of sp³-hybridized carbons (Fsp3) is 0.286. The quantitative estimate of drug-likeness (QED) is 0.903. The van der Waals surface area contributed by atoms with Gasteiger partial charge in [-0.3, -0.25) is 5.32 Å². The van der Waals surface area contributed by atoms with Gasteiger partial charge in [-0.2, -0.15) is 0 Å². The normalized spacial score (nSPS) is 12.8. The highest BCUT2D eigenvalue weighted by Gasteiger charge is 2.16. The van der Waals surface area contributed by atoms with Crippen LogP contribution in [0.4, 0.5) is 10.6 Å². The summed E-state index contributed by atoms with van der Waals surface area (Å²) in [5.74, 6) is 2.39. The highest BCUT2D eigenvalue weighted by molar-refractivity contribution is 5.88. The van der Waals surface area contributed by atoms with Crippen molar-refractivity contribution in [2.24, 2.45) is 0 Å². The molecule has 0 spiro atoms. The molecule has 2 heterocycles. The lowest BCUT2D eigenvalue weighted by Gasteiger charge is -2.21. The lowest BCUT2D eigenvalue weighted by atomic mass is 10.1. The van der Waals surface area contributed by atoms with Crippen LogP contribution in [0.2, 0.25) is 0 Å². The fourth-order valence-electron chi connectivity index (χ4n) is 2.03. The number of nitrogens with one attached hydrogen (secondary N) is 2. The number of nitrogens with zero attached hydrogens (tertiary/aromatic N) is 1. The number of ether oxygens (including phenoxy) is 2. The largest absolute Gasteiger partial charge is 0.486 e. The number of rotatable bonds is 3. The molecule has 2 aromatic rings. The number of benzene rings is 1. The van der Waals surface area contributed by atoms with Crippen molar-refractivity contribution in [2.45, 2.75) is 13.5 Å². The van der Waals surface area contributed by atoms with Crippen LogP contribution in [0.3, 0.4) is 0 Å². The van der Waals surface area contributed by atoms with Crippen LogP contribution in [0, 0.1) is 6.92 Å². The maximum atomic E-state index is 11.8. The predicted octanol–water partition coefficient (Wildman–Crippen LogP) is 2.08. The van der Waals surface area contributed by atoms with E-state index in [0.717, 1.165) is 5.56 Å². The van der Waals surface area contributed by atoms with Gasteiger partial charge in [0.2, 0.25) is 0 Å². The van der Waals surface area contributed by atoms with Crippen molar-refractivity contribution in [2.75, 3.05) is 18.5 Å². The number of aromatic nitrogens is 1. The molecule has 0 radical (unpaired) electrons. The van der Waals surface area contributed by atoms with Crippen LogP contribution in [0.1, 0.15) is 11.3 Å². The number of urea groups is 1. The summed E-state index contributed by atoms with van der Waals surface area (Å²) >= 11 is 0. The number of fused-ring (bicyclic) bond motifs is 1. The Morgan fingerprint density at radius 3 is 3.00 bits per heavy atom. The van der Waals surface area contributed by atoms with Crippen LogP contribution in [0.15, 0.2) is 28.8 Å². The molecule has 0 atom stereocenters. The molecule has 1 aromatic heterocycles. The first-order valence-electron chi connectivity index (χ1n) is 6.58. The van der Waals surface area contributed by atoms with E-state index in [-0.39, 0.29) is 6.03 Å². The third-order valence-electron chi connectivity index (χ3n) is 2.96. The molecular formula is C14H15N3O4. The molecule has 110 valence electrons. The number of hydrogen-bond acceptors (Lipinski definition) is 5. The molecule has 0 aliphatic carbocycles. The van der Waals surface area contributed by atoms with Crippen molar-refractivity contribution in [3.63, 3.8) is 0 Å². The molecule has 7 nitrogen and oxygen atoms in total. The Hall–Kier alpha value is -2.70. The average molecular weight is 289 g/mol. The van der Waals surface area contributed by atoms with Gasteiger partial charge in [0.05, 0.1) is 0 Å². The van der Waals surface area contributed by atoms with Crippen molar-refractivity contribution >= 4 is 11.8 Å². The van der Waals surface area contributed by atoms with Crippen LogP contribution in [0.25, 0.3) is 0 Å². The van der Waals surface area contributed by atoms with E-state index < -0.39 is 0 Å². The van der Waals surface area contributed by atoms with E-state index >= 15 is 0 Å². The Morgan fingerprint density at radius 2 is 2.19 bits per heavy atom. The SMILES string of the molecule is Cc1cc(NC(=O)NCc2cccc3c2OCCO3)no1. The number of hydrogen-bond donors (Lipinski definition) is 2. The maximum Gasteiger partial charge on any atom is 0.320 e. The highest BCUT2D eigenvalue weighted by atomic mass is 16.6. The lowest BCUT2D eigenvalue weighted by Crippen LogP contribution is -2.29. The number of anilines is 1. The molecule has 1 aliphatic rings. The van der Waals surface area contributed by atoms with Gasteiger partial charge in [-0.15, -0.1) is 0 Å². The van der Waals surface area contributed by atoms with Crippen molar-refractivity contribution < 1.29 is 18.8 Å². The zero-order valence-electron chi connectivity index (χ0n) is 11.5. The van der Waals surface area contributed by atoms with E-state index in [2.05, 4.69) is 15.8 Å². The molecule has 2 N–H and O–H groups in total. The van der Waals surface area contributed by atoms with E-state index in [1.165, 1.54) is 0 Å². The van der Waals surface area contributed by atoms with E-state index in [1.807, 2.05) is 18.2 Å². The van der Waals surface area contributed by atoms with Crippen LogP contribution >= 0.6 is 0 Å². The van der Waals surface area contributed by atoms with Gasteiger partial charge in [0.1, 0.15) is 19.0 Å². The van der Waals surface area contributed by atoms with Gasteiger partial charge in [0.25, 0.3) is 0 Å². The summed E-state index contributed by atoms with van der Waals surface area (Å²) in [7, 11) is 0. The van der Waals surface area contributed by atoms with Crippen LogP contribution < -0.4 is 20.1 Å². The highest BCUT2D eigenvalue weighted by Crippen LogP contribution is 2.33. The Kier molecular flexibility index (Phi) is 3.63. The first kappa shape index (κ1) is 13.3. The zero-order chi connectivity index (χ0) is 14.7. The van der Waals surface area contributed by atoms with Gasteiger partial charge in [-0.25, -0.2) is 4.79 Å². The molecule has 0 unspecified atom stereocenters. The average Bonchev–Trinajstić information content (AvgIpc) is 2.90. The molecule has 1 aromatic carbocycles. The molecule has 3 rings (SSSR count). The Balaban J connectivity index is 1.61. The third kappa shape index (κ3) is 3.07. The minimum Gasteiger partial charge on any atom is -0.486 e. The maximum absolute atomic E-state index is 11.8. The smallest absolute Gasteiger partial charge is 0.320 e. The van der Waals surface area contributed by atoms with Crippen molar-refractivity contribution in [1.29, 1.82) is 0 Å². The molecule has 1 aliphatic heterocycles. The summed E-state index contributed by atoms with van der Waals surface area (Å²) in [6.45, 7) is 3.13. The predicted molar refractivity (Wildman–Crippen MR) is 74.5 cm³/mol. The molecule has 7 heteroatoms. The monoisotopic (exact) mass is 289 g/mol. The molecule has 2 amide bonds. The molecule has 0 saturated heterocycles. The minimum absolute atomic E-state index is 0.329. The van der Waals surface area contributed by atoms with Crippen molar-refractivity contribution in [3.8, 4) is 11.5 Å². The first-order chi connectivity index (χ1) is 10.2. The number of para-hydroxylation sites is 1.